The molecule has 0 amide bonds. The number of carbonyl (C=O) groups is 1. The van der Waals surface area contributed by atoms with Crippen LogP contribution in [-0.2, 0) is 11.2 Å². The minimum absolute atomic E-state index is 0.0852. The zero-order valence-electron chi connectivity index (χ0n) is 10.9. The quantitative estimate of drug-likeness (QED) is 0.869. The second-order valence-corrected chi connectivity index (χ2v) is 5.79. The lowest BCUT2D eigenvalue weighted by Gasteiger charge is -2.24. The van der Waals surface area contributed by atoms with Crippen LogP contribution in [0.5, 0.6) is 5.75 Å². The molecule has 0 bridgehead atoms. The molecule has 2 rings (SSSR count). The standard InChI is InChI=1S/C13H13BrF3NO3/c14-9-1-2-11-8(3-9)4-10(21-11)5-18(6-12(19)20)7-13(15,16)17/h1-3,10H,4-7H2,(H,19,20). The molecule has 1 aromatic carbocycles. The molecule has 0 saturated carbocycles. The molecule has 0 aromatic heterocycles. The number of ether oxygens (including phenoxy) is 1. The smallest absolute Gasteiger partial charge is 0.401 e. The van der Waals surface area contributed by atoms with Crippen LogP contribution in [-0.4, -0.2) is 47.9 Å². The Hall–Kier alpha value is -1.28. The van der Waals surface area contributed by atoms with Gasteiger partial charge >= 0.3 is 12.1 Å². The second kappa shape index (κ2) is 6.23. The van der Waals surface area contributed by atoms with Crippen LogP contribution in [0.2, 0.25) is 0 Å². The molecular weight excluding hydrogens is 355 g/mol. The van der Waals surface area contributed by atoms with Gasteiger partial charge in [0.2, 0.25) is 0 Å². The van der Waals surface area contributed by atoms with Crippen LogP contribution in [0, 0.1) is 0 Å². The fraction of sp³-hybridized carbons (Fsp3) is 0.462. The van der Waals surface area contributed by atoms with E-state index < -0.39 is 31.3 Å². The van der Waals surface area contributed by atoms with E-state index in [-0.39, 0.29) is 6.54 Å². The summed E-state index contributed by atoms with van der Waals surface area (Å²) in [7, 11) is 0. The topological polar surface area (TPSA) is 49.8 Å². The van der Waals surface area contributed by atoms with Crippen LogP contribution in [0.25, 0.3) is 0 Å². The van der Waals surface area contributed by atoms with E-state index in [9.17, 15) is 18.0 Å². The van der Waals surface area contributed by atoms with Gasteiger partial charge in [0.1, 0.15) is 11.9 Å². The summed E-state index contributed by atoms with van der Waals surface area (Å²) in [5.41, 5.74) is 0.900. The summed E-state index contributed by atoms with van der Waals surface area (Å²) in [5.74, 6) is -0.664. The Morgan fingerprint density at radius 3 is 2.81 bits per heavy atom. The number of benzene rings is 1. The molecular formula is C13H13BrF3NO3. The van der Waals surface area contributed by atoms with Crippen LogP contribution in [0.1, 0.15) is 5.56 Å². The van der Waals surface area contributed by atoms with Gasteiger partial charge in [-0.1, -0.05) is 15.9 Å². The van der Waals surface area contributed by atoms with Gasteiger partial charge in [-0.05, 0) is 23.8 Å². The van der Waals surface area contributed by atoms with Crippen LogP contribution >= 0.6 is 15.9 Å². The summed E-state index contributed by atoms with van der Waals surface area (Å²) in [5, 5.41) is 8.71. The van der Waals surface area contributed by atoms with Gasteiger partial charge in [0, 0.05) is 17.4 Å². The molecule has 1 N–H and O–H groups in total. The number of halogens is 4. The Balaban J connectivity index is 2.00. The van der Waals surface area contributed by atoms with E-state index >= 15 is 0 Å². The number of nitrogens with zero attached hydrogens (tertiary/aromatic N) is 1. The highest BCUT2D eigenvalue weighted by Gasteiger charge is 2.34. The molecule has 1 aromatic rings. The lowest BCUT2D eigenvalue weighted by atomic mass is 10.1. The van der Waals surface area contributed by atoms with Gasteiger partial charge in [-0.3, -0.25) is 9.69 Å². The van der Waals surface area contributed by atoms with Crippen molar-refractivity contribution in [2.24, 2.45) is 0 Å². The Morgan fingerprint density at radius 1 is 1.48 bits per heavy atom. The molecule has 116 valence electrons. The van der Waals surface area contributed by atoms with Crippen molar-refractivity contribution in [3.05, 3.63) is 28.2 Å². The summed E-state index contributed by atoms with van der Waals surface area (Å²) in [4.78, 5) is 11.5. The molecule has 1 heterocycles. The molecule has 1 aliphatic heterocycles. The zero-order valence-corrected chi connectivity index (χ0v) is 12.4. The highest BCUT2D eigenvalue weighted by molar-refractivity contribution is 9.10. The number of fused-ring (bicyclic) bond motifs is 1. The molecule has 1 unspecified atom stereocenters. The van der Waals surface area contributed by atoms with Gasteiger partial charge in [0.15, 0.2) is 0 Å². The van der Waals surface area contributed by atoms with E-state index in [1.807, 2.05) is 6.07 Å². The molecule has 0 fully saturated rings. The fourth-order valence-electron chi connectivity index (χ4n) is 2.31. The SMILES string of the molecule is O=C(O)CN(CC1Cc2cc(Br)ccc2O1)CC(F)(F)F. The van der Waals surface area contributed by atoms with Crippen molar-refractivity contribution in [2.45, 2.75) is 18.7 Å². The Bertz CT molecular complexity index is 536. The number of carboxylic acid groups (broad SMARTS) is 1. The lowest BCUT2D eigenvalue weighted by Crippen LogP contribution is -2.43. The van der Waals surface area contributed by atoms with E-state index in [0.29, 0.717) is 12.2 Å². The molecule has 1 atom stereocenters. The zero-order chi connectivity index (χ0) is 15.6. The maximum absolute atomic E-state index is 12.5. The second-order valence-electron chi connectivity index (χ2n) is 4.87. The number of aliphatic carboxylic acids is 1. The largest absolute Gasteiger partial charge is 0.488 e. The van der Waals surface area contributed by atoms with Crippen LogP contribution in [0.4, 0.5) is 13.2 Å². The maximum Gasteiger partial charge on any atom is 0.401 e. The van der Waals surface area contributed by atoms with Crippen molar-refractivity contribution in [1.29, 1.82) is 0 Å². The molecule has 0 aliphatic carbocycles. The van der Waals surface area contributed by atoms with Crippen molar-refractivity contribution in [3.8, 4) is 5.75 Å². The minimum atomic E-state index is -4.44. The van der Waals surface area contributed by atoms with Crippen molar-refractivity contribution in [3.63, 3.8) is 0 Å². The average Bonchev–Trinajstić information content (AvgIpc) is 2.66. The summed E-state index contributed by atoms with van der Waals surface area (Å²) >= 11 is 3.32. The van der Waals surface area contributed by atoms with Crippen LogP contribution in [0.15, 0.2) is 22.7 Å². The number of alkyl halides is 3. The van der Waals surface area contributed by atoms with Crippen molar-refractivity contribution in [1.82, 2.24) is 4.90 Å². The van der Waals surface area contributed by atoms with E-state index in [2.05, 4.69) is 15.9 Å². The third kappa shape index (κ3) is 4.89. The Labute approximate surface area is 127 Å². The minimum Gasteiger partial charge on any atom is -0.488 e. The van der Waals surface area contributed by atoms with Crippen molar-refractivity contribution >= 4 is 21.9 Å². The number of carboxylic acids is 1. The average molecular weight is 368 g/mol. The number of hydrogen-bond acceptors (Lipinski definition) is 3. The van der Waals surface area contributed by atoms with Crippen LogP contribution in [0.3, 0.4) is 0 Å². The summed E-state index contributed by atoms with van der Waals surface area (Å²) in [6.45, 7) is -2.02. The molecule has 0 radical (unpaired) electrons. The van der Waals surface area contributed by atoms with Crippen LogP contribution < -0.4 is 4.74 Å². The van der Waals surface area contributed by atoms with Gasteiger partial charge in [0.05, 0.1) is 13.1 Å². The summed E-state index contributed by atoms with van der Waals surface area (Å²) in [6.07, 6.45) is -4.46. The molecule has 4 nitrogen and oxygen atoms in total. The maximum atomic E-state index is 12.5. The lowest BCUT2D eigenvalue weighted by molar-refractivity contribution is -0.155. The Morgan fingerprint density at radius 2 is 2.19 bits per heavy atom. The first kappa shape index (κ1) is 16.1. The monoisotopic (exact) mass is 367 g/mol. The summed E-state index contributed by atoms with van der Waals surface area (Å²) < 4.78 is 43.8. The number of hydrogen-bond donors (Lipinski definition) is 1. The normalized spacial score (nSPS) is 17.7. The first-order chi connectivity index (χ1) is 9.73. The highest BCUT2D eigenvalue weighted by Crippen LogP contribution is 2.31. The molecule has 21 heavy (non-hydrogen) atoms. The fourth-order valence-corrected chi connectivity index (χ4v) is 2.72. The van der Waals surface area contributed by atoms with Crippen molar-refractivity contribution in [2.75, 3.05) is 19.6 Å². The first-order valence-electron chi connectivity index (χ1n) is 6.19. The summed E-state index contributed by atoms with van der Waals surface area (Å²) in [6, 6.07) is 5.37. The van der Waals surface area contributed by atoms with E-state index in [1.54, 1.807) is 12.1 Å². The molecule has 8 heteroatoms. The number of rotatable bonds is 5. The third-order valence-corrected chi connectivity index (χ3v) is 3.48. The van der Waals surface area contributed by atoms with E-state index in [0.717, 1.165) is 14.9 Å². The van der Waals surface area contributed by atoms with E-state index in [4.69, 9.17) is 9.84 Å². The Kier molecular flexibility index (Phi) is 4.77. The van der Waals surface area contributed by atoms with Crippen molar-refractivity contribution < 1.29 is 27.8 Å². The predicted octanol–water partition coefficient (Wildman–Crippen LogP) is 2.70. The van der Waals surface area contributed by atoms with E-state index in [1.165, 1.54) is 0 Å². The van der Waals surface area contributed by atoms with Gasteiger partial charge in [-0.2, -0.15) is 13.2 Å². The van der Waals surface area contributed by atoms with Gasteiger partial charge in [-0.25, -0.2) is 0 Å². The molecule has 0 spiro atoms. The predicted molar refractivity (Wildman–Crippen MR) is 72.4 cm³/mol. The van der Waals surface area contributed by atoms with Gasteiger partial charge in [0.25, 0.3) is 0 Å². The highest BCUT2D eigenvalue weighted by atomic mass is 79.9. The first-order valence-corrected chi connectivity index (χ1v) is 6.98. The molecule has 1 aliphatic rings. The van der Waals surface area contributed by atoms with Gasteiger partial charge < -0.3 is 9.84 Å². The van der Waals surface area contributed by atoms with Gasteiger partial charge in [-0.15, -0.1) is 0 Å². The third-order valence-electron chi connectivity index (χ3n) is 2.99. The molecule has 0 saturated heterocycles.